The molecular weight excluding hydrogens is 292 g/mol. The molecule has 4 atom stereocenters. The monoisotopic (exact) mass is 310 g/mol. The summed E-state index contributed by atoms with van der Waals surface area (Å²) in [6.07, 6.45) is -1.42. The fraction of sp³-hybridized carbons (Fsp3) is 0.615. The van der Waals surface area contributed by atoms with E-state index >= 15 is 0 Å². The standard InChI is InChI=1S/C13H18N4O5/c1-6(2)21-12-8-11(14-4-15-12)17(5-16-8)13-10(20)9(19)7(3-18)22-13/h4-7,9-10,13,18-20H,3H2,1-2H3/t7-,9-,10+,13-/m1/s1. The van der Waals surface area contributed by atoms with E-state index in [9.17, 15) is 10.2 Å². The van der Waals surface area contributed by atoms with Gasteiger partial charge in [-0.1, -0.05) is 0 Å². The maximum absolute atomic E-state index is 10.1. The number of nitrogens with zero attached hydrogens (tertiary/aromatic N) is 4. The zero-order valence-corrected chi connectivity index (χ0v) is 12.2. The Morgan fingerprint density at radius 2 is 2.05 bits per heavy atom. The summed E-state index contributed by atoms with van der Waals surface area (Å²) in [5.74, 6) is 0.338. The van der Waals surface area contributed by atoms with Crippen molar-refractivity contribution in [3.63, 3.8) is 0 Å². The van der Waals surface area contributed by atoms with Crippen LogP contribution in [0.4, 0.5) is 0 Å². The highest BCUT2D eigenvalue weighted by Crippen LogP contribution is 2.32. The molecule has 1 fully saturated rings. The average molecular weight is 310 g/mol. The van der Waals surface area contributed by atoms with Gasteiger partial charge in [0.2, 0.25) is 5.88 Å². The minimum Gasteiger partial charge on any atom is -0.473 e. The third-order valence-corrected chi connectivity index (χ3v) is 3.46. The minimum absolute atomic E-state index is 0.0721. The summed E-state index contributed by atoms with van der Waals surface area (Å²) in [4.78, 5) is 12.4. The summed E-state index contributed by atoms with van der Waals surface area (Å²) in [6, 6.07) is 0. The highest BCUT2D eigenvalue weighted by atomic mass is 16.6. The molecule has 9 heteroatoms. The molecule has 9 nitrogen and oxygen atoms in total. The van der Waals surface area contributed by atoms with Gasteiger partial charge in [0.15, 0.2) is 17.4 Å². The lowest BCUT2D eigenvalue weighted by Crippen LogP contribution is -2.33. The Balaban J connectivity index is 1.99. The summed E-state index contributed by atoms with van der Waals surface area (Å²) in [5, 5.41) is 29.1. The van der Waals surface area contributed by atoms with Gasteiger partial charge in [-0.15, -0.1) is 0 Å². The van der Waals surface area contributed by atoms with Crippen molar-refractivity contribution < 1.29 is 24.8 Å². The first-order chi connectivity index (χ1) is 10.5. The molecule has 0 saturated carbocycles. The Hall–Kier alpha value is -1.81. The van der Waals surface area contributed by atoms with Crippen LogP contribution in [0, 0.1) is 0 Å². The third kappa shape index (κ3) is 2.41. The zero-order valence-electron chi connectivity index (χ0n) is 12.2. The van der Waals surface area contributed by atoms with Gasteiger partial charge in [0.05, 0.1) is 19.0 Å². The van der Waals surface area contributed by atoms with E-state index < -0.39 is 31.1 Å². The smallest absolute Gasteiger partial charge is 0.245 e. The molecule has 0 spiro atoms. The Bertz CT molecular complexity index is 661. The van der Waals surface area contributed by atoms with Gasteiger partial charge in [0.25, 0.3) is 0 Å². The van der Waals surface area contributed by atoms with Crippen LogP contribution in [0.1, 0.15) is 20.1 Å². The number of fused-ring (bicyclic) bond motifs is 1. The normalized spacial score (nSPS) is 28.6. The lowest BCUT2D eigenvalue weighted by Gasteiger charge is -2.16. The average Bonchev–Trinajstić information content (AvgIpc) is 3.02. The van der Waals surface area contributed by atoms with Gasteiger partial charge in [-0.3, -0.25) is 4.57 Å². The maximum Gasteiger partial charge on any atom is 0.245 e. The van der Waals surface area contributed by atoms with Crippen molar-refractivity contribution in [1.82, 2.24) is 19.5 Å². The summed E-state index contributed by atoms with van der Waals surface area (Å²) >= 11 is 0. The molecule has 22 heavy (non-hydrogen) atoms. The van der Waals surface area contributed by atoms with Crippen LogP contribution in [-0.4, -0.2) is 65.9 Å². The van der Waals surface area contributed by atoms with Gasteiger partial charge >= 0.3 is 0 Å². The van der Waals surface area contributed by atoms with E-state index in [1.54, 1.807) is 0 Å². The first-order valence-corrected chi connectivity index (χ1v) is 6.99. The largest absolute Gasteiger partial charge is 0.473 e. The second-order valence-electron chi connectivity index (χ2n) is 5.40. The van der Waals surface area contributed by atoms with Gasteiger partial charge in [0, 0.05) is 0 Å². The van der Waals surface area contributed by atoms with Crippen LogP contribution >= 0.6 is 0 Å². The Labute approximate surface area is 126 Å². The van der Waals surface area contributed by atoms with Crippen LogP contribution < -0.4 is 4.74 Å². The molecule has 3 N–H and O–H groups in total. The van der Waals surface area contributed by atoms with Crippen LogP contribution in [-0.2, 0) is 4.74 Å². The van der Waals surface area contributed by atoms with Gasteiger partial charge < -0.3 is 24.8 Å². The predicted octanol–water partition coefficient (Wildman–Crippen LogP) is -0.775. The number of rotatable bonds is 4. The van der Waals surface area contributed by atoms with Crippen molar-refractivity contribution in [3.05, 3.63) is 12.7 Å². The Morgan fingerprint density at radius 3 is 2.68 bits per heavy atom. The van der Waals surface area contributed by atoms with Crippen LogP contribution in [0.3, 0.4) is 0 Å². The Morgan fingerprint density at radius 1 is 1.27 bits per heavy atom. The number of aliphatic hydroxyl groups is 3. The van der Waals surface area contributed by atoms with E-state index in [1.807, 2.05) is 13.8 Å². The topological polar surface area (TPSA) is 123 Å². The summed E-state index contributed by atoms with van der Waals surface area (Å²) in [6.45, 7) is 3.35. The van der Waals surface area contributed by atoms with E-state index in [2.05, 4.69) is 15.0 Å². The quantitative estimate of drug-likeness (QED) is 0.672. The highest BCUT2D eigenvalue weighted by molar-refractivity contribution is 5.76. The fourth-order valence-electron chi connectivity index (χ4n) is 2.44. The van der Waals surface area contributed by atoms with E-state index in [0.717, 1.165) is 0 Å². The molecule has 0 unspecified atom stereocenters. The van der Waals surface area contributed by atoms with Crippen LogP contribution in [0.5, 0.6) is 5.88 Å². The number of aromatic nitrogens is 4. The van der Waals surface area contributed by atoms with E-state index in [4.69, 9.17) is 14.6 Å². The van der Waals surface area contributed by atoms with Crippen molar-refractivity contribution in [2.75, 3.05) is 6.61 Å². The van der Waals surface area contributed by atoms with E-state index in [0.29, 0.717) is 17.0 Å². The van der Waals surface area contributed by atoms with E-state index in [1.165, 1.54) is 17.2 Å². The molecule has 3 heterocycles. The first-order valence-electron chi connectivity index (χ1n) is 6.99. The number of hydrogen-bond acceptors (Lipinski definition) is 8. The molecule has 1 aliphatic rings. The second kappa shape index (κ2) is 5.76. The first kappa shape index (κ1) is 15.1. The minimum atomic E-state index is -1.20. The molecule has 1 aliphatic heterocycles. The molecule has 0 amide bonds. The van der Waals surface area contributed by atoms with Gasteiger partial charge in [-0.25, -0.2) is 9.97 Å². The van der Waals surface area contributed by atoms with Crippen molar-refractivity contribution in [2.24, 2.45) is 0 Å². The van der Waals surface area contributed by atoms with Crippen molar-refractivity contribution in [3.8, 4) is 5.88 Å². The van der Waals surface area contributed by atoms with Crippen molar-refractivity contribution >= 4 is 11.2 Å². The molecule has 0 aliphatic carbocycles. The number of imidazole rings is 1. The Kier molecular flexibility index (Phi) is 3.96. The lowest BCUT2D eigenvalue weighted by atomic mass is 10.1. The van der Waals surface area contributed by atoms with Gasteiger partial charge in [-0.05, 0) is 13.8 Å². The van der Waals surface area contributed by atoms with Crippen LogP contribution in [0.15, 0.2) is 12.7 Å². The molecule has 120 valence electrons. The molecule has 2 aromatic heterocycles. The molecule has 3 rings (SSSR count). The molecule has 0 aromatic carbocycles. The fourth-order valence-corrected chi connectivity index (χ4v) is 2.44. The van der Waals surface area contributed by atoms with Crippen LogP contribution in [0.2, 0.25) is 0 Å². The molecule has 2 aromatic rings. The maximum atomic E-state index is 10.1. The number of ether oxygens (including phenoxy) is 2. The number of hydrogen-bond donors (Lipinski definition) is 3. The number of aliphatic hydroxyl groups excluding tert-OH is 3. The molecule has 0 radical (unpaired) electrons. The predicted molar refractivity (Wildman–Crippen MR) is 74.1 cm³/mol. The summed E-state index contributed by atoms with van der Waals surface area (Å²) in [7, 11) is 0. The zero-order chi connectivity index (χ0) is 15.9. The van der Waals surface area contributed by atoms with Gasteiger partial charge in [-0.2, -0.15) is 4.98 Å². The third-order valence-electron chi connectivity index (χ3n) is 3.46. The van der Waals surface area contributed by atoms with Gasteiger partial charge in [0.1, 0.15) is 24.6 Å². The SMILES string of the molecule is CC(C)Oc1ncnc2c1ncn2[C@@H]1O[C@H](CO)[C@@H](O)[C@@H]1O. The lowest BCUT2D eigenvalue weighted by molar-refractivity contribution is -0.0511. The van der Waals surface area contributed by atoms with Crippen molar-refractivity contribution in [1.29, 1.82) is 0 Å². The molecule has 1 saturated heterocycles. The summed E-state index contributed by atoms with van der Waals surface area (Å²) < 4.78 is 12.5. The van der Waals surface area contributed by atoms with E-state index in [-0.39, 0.29) is 6.10 Å². The molecule has 0 bridgehead atoms. The summed E-state index contributed by atoms with van der Waals surface area (Å²) in [5.41, 5.74) is 0.856. The van der Waals surface area contributed by atoms with Crippen LogP contribution in [0.25, 0.3) is 11.2 Å². The highest BCUT2D eigenvalue weighted by Gasteiger charge is 2.44. The molecular formula is C13H18N4O5. The van der Waals surface area contributed by atoms with Crippen molar-refractivity contribution in [2.45, 2.75) is 44.5 Å². The second-order valence-corrected chi connectivity index (χ2v) is 5.40.